The Morgan fingerprint density at radius 1 is 0.897 bits per heavy atom. The van der Waals surface area contributed by atoms with Crippen molar-refractivity contribution in [1.29, 1.82) is 0 Å². The van der Waals surface area contributed by atoms with Crippen molar-refractivity contribution >= 4 is 17.5 Å². The van der Waals surface area contributed by atoms with Gasteiger partial charge in [0.25, 0.3) is 11.8 Å². The van der Waals surface area contributed by atoms with Crippen LogP contribution in [0.15, 0.2) is 73.1 Å². The molecule has 1 aromatic heterocycles. The molecule has 2 aromatic carbocycles. The number of benzene rings is 2. The molecular weight excluding hydrogens is 362 g/mol. The van der Waals surface area contributed by atoms with Gasteiger partial charge in [0.1, 0.15) is 0 Å². The molecule has 0 aliphatic rings. The molecule has 0 atom stereocenters. The molecule has 29 heavy (non-hydrogen) atoms. The lowest BCUT2D eigenvalue weighted by Crippen LogP contribution is -2.26. The van der Waals surface area contributed by atoms with Gasteiger partial charge >= 0.3 is 0 Å². The molecule has 3 aromatic rings. The Morgan fingerprint density at radius 2 is 1.55 bits per heavy atom. The number of aromatic nitrogens is 1. The zero-order valence-electron chi connectivity index (χ0n) is 16.7. The van der Waals surface area contributed by atoms with Crippen LogP contribution in [0, 0.1) is 0 Å². The van der Waals surface area contributed by atoms with Gasteiger partial charge in [0.2, 0.25) is 0 Å². The number of hydrogen-bond acceptors (Lipinski definition) is 3. The van der Waals surface area contributed by atoms with Crippen LogP contribution in [0.1, 0.15) is 51.6 Å². The van der Waals surface area contributed by atoms with Crippen LogP contribution in [-0.2, 0) is 6.42 Å². The third-order valence-corrected chi connectivity index (χ3v) is 4.64. The monoisotopic (exact) mass is 387 g/mol. The van der Waals surface area contributed by atoms with Gasteiger partial charge in [0, 0.05) is 24.6 Å². The molecule has 148 valence electrons. The quantitative estimate of drug-likeness (QED) is 0.630. The Kier molecular flexibility index (Phi) is 6.74. The van der Waals surface area contributed by atoms with E-state index in [0.717, 1.165) is 12.0 Å². The van der Waals surface area contributed by atoms with E-state index in [1.165, 1.54) is 18.0 Å². The first kappa shape index (κ1) is 20.3. The van der Waals surface area contributed by atoms with Crippen molar-refractivity contribution in [3.05, 3.63) is 95.3 Å². The van der Waals surface area contributed by atoms with Gasteiger partial charge in [-0.2, -0.15) is 0 Å². The van der Waals surface area contributed by atoms with Crippen molar-refractivity contribution in [2.45, 2.75) is 26.2 Å². The van der Waals surface area contributed by atoms with E-state index >= 15 is 0 Å². The summed E-state index contributed by atoms with van der Waals surface area (Å²) >= 11 is 0. The van der Waals surface area contributed by atoms with Gasteiger partial charge in [-0.15, -0.1) is 0 Å². The second-order valence-electron chi connectivity index (χ2n) is 7.18. The standard InChI is InChI=1S/C24H25N3O2/c1-17(2)19-8-10-22(11-9-19)27-24(29)21-14-20(15-25-16-21)23(28)26-13-12-18-6-4-3-5-7-18/h3-11,14-17H,12-13H2,1-2H3,(H,26,28)(H,27,29). The summed E-state index contributed by atoms with van der Waals surface area (Å²) in [5.41, 5.74) is 3.77. The molecule has 5 heteroatoms. The molecule has 5 nitrogen and oxygen atoms in total. The first-order chi connectivity index (χ1) is 14.0. The van der Waals surface area contributed by atoms with Crippen LogP contribution >= 0.6 is 0 Å². The lowest BCUT2D eigenvalue weighted by molar-refractivity contribution is 0.0953. The average Bonchev–Trinajstić information content (AvgIpc) is 2.75. The number of anilines is 1. The number of amides is 2. The Hall–Kier alpha value is -3.47. The molecule has 0 radical (unpaired) electrons. The van der Waals surface area contributed by atoms with Crippen molar-refractivity contribution in [3.8, 4) is 0 Å². The molecule has 0 bridgehead atoms. The lowest BCUT2D eigenvalue weighted by Gasteiger charge is -2.09. The fraction of sp³-hybridized carbons (Fsp3) is 0.208. The molecule has 2 amide bonds. The molecule has 0 fully saturated rings. The maximum atomic E-state index is 12.5. The summed E-state index contributed by atoms with van der Waals surface area (Å²) in [6, 6.07) is 19.2. The van der Waals surface area contributed by atoms with Crippen LogP contribution in [0.3, 0.4) is 0 Å². The summed E-state index contributed by atoms with van der Waals surface area (Å²) in [7, 11) is 0. The predicted octanol–water partition coefficient (Wildman–Crippen LogP) is 4.43. The molecular formula is C24H25N3O2. The highest BCUT2D eigenvalue weighted by molar-refractivity contribution is 6.05. The first-order valence-corrected chi connectivity index (χ1v) is 9.71. The molecule has 0 unspecified atom stereocenters. The molecule has 0 saturated heterocycles. The minimum Gasteiger partial charge on any atom is -0.352 e. The Balaban J connectivity index is 1.59. The fourth-order valence-corrected chi connectivity index (χ4v) is 2.91. The van der Waals surface area contributed by atoms with Crippen LogP contribution in [-0.4, -0.2) is 23.3 Å². The molecule has 0 saturated carbocycles. The van der Waals surface area contributed by atoms with Crippen LogP contribution < -0.4 is 10.6 Å². The SMILES string of the molecule is CC(C)c1ccc(NC(=O)c2cncc(C(=O)NCCc3ccccc3)c2)cc1. The lowest BCUT2D eigenvalue weighted by atomic mass is 10.0. The second kappa shape index (κ2) is 9.64. The van der Waals surface area contributed by atoms with Crippen LogP contribution in [0.25, 0.3) is 0 Å². The van der Waals surface area contributed by atoms with E-state index in [1.54, 1.807) is 6.07 Å². The predicted molar refractivity (Wildman–Crippen MR) is 115 cm³/mol. The van der Waals surface area contributed by atoms with Crippen LogP contribution in [0.5, 0.6) is 0 Å². The smallest absolute Gasteiger partial charge is 0.257 e. The van der Waals surface area contributed by atoms with Gasteiger partial charge in [-0.1, -0.05) is 56.3 Å². The van der Waals surface area contributed by atoms with Gasteiger partial charge in [-0.05, 0) is 41.7 Å². The molecule has 2 N–H and O–H groups in total. The fourth-order valence-electron chi connectivity index (χ4n) is 2.91. The number of rotatable bonds is 7. The van der Waals surface area contributed by atoms with Gasteiger partial charge < -0.3 is 10.6 Å². The van der Waals surface area contributed by atoms with Crippen molar-refractivity contribution < 1.29 is 9.59 Å². The zero-order valence-corrected chi connectivity index (χ0v) is 16.7. The number of nitrogens with zero attached hydrogens (tertiary/aromatic N) is 1. The third kappa shape index (κ3) is 5.75. The van der Waals surface area contributed by atoms with Crippen LogP contribution in [0.2, 0.25) is 0 Å². The molecule has 0 aliphatic heterocycles. The highest BCUT2D eigenvalue weighted by Crippen LogP contribution is 2.17. The van der Waals surface area contributed by atoms with Crippen molar-refractivity contribution in [1.82, 2.24) is 10.3 Å². The highest BCUT2D eigenvalue weighted by Gasteiger charge is 2.12. The van der Waals surface area contributed by atoms with E-state index in [4.69, 9.17) is 0 Å². The Labute approximate surface area is 171 Å². The van der Waals surface area contributed by atoms with Crippen molar-refractivity contribution in [3.63, 3.8) is 0 Å². The number of carbonyl (C=O) groups is 2. The van der Waals surface area contributed by atoms with E-state index in [1.807, 2.05) is 54.6 Å². The summed E-state index contributed by atoms with van der Waals surface area (Å²) in [6.07, 6.45) is 3.66. The summed E-state index contributed by atoms with van der Waals surface area (Å²) < 4.78 is 0. The topological polar surface area (TPSA) is 71.1 Å². The molecule has 3 rings (SSSR count). The molecule has 0 spiro atoms. The third-order valence-electron chi connectivity index (χ3n) is 4.64. The van der Waals surface area contributed by atoms with Gasteiger partial charge in [0.05, 0.1) is 11.1 Å². The Bertz CT molecular complexity index is 967. The van der Waals surface area contributed by atoms with E-state index in [0.29, 0.717) is 29.3 Å². The summed E-state index contributed by atoms with van der Waals surface area (Å²) in [6.45, 7) is 4.76. The molecule has 1 heterocycles. The summed E-state index contributed by atoms with van der Waals surface area (Å²) in [4.78, 5) is 29.0. The maximum absolute atomic E-state index is 12.5. The summed E-state index contributed by atoms with van der Waals surface area (Å²) in [5, 5.41) is 5.71. The van der Waals surface area contributed by atoms with E-state index < -0.39 is 0 Å². The second-order valence-corrected chi connectivity index (χ2v) is 7.18. The van der Waals surface area contributed by atoms with Gasteiger partial charge in [0.15, 0.2) is 0 Å². The number of pyridine rings is 1. The van der Waals surface area contributed by atoms with Gasteiger partial charge in [-0.25, -0.2) is 0 Å². The van der Waals surface area contributed by atoms with Crippen LogP contribution in [0.4, 0.5) is 5.69 Å². The van der Waals surface area contributed by atoms with Crippen molar-refractivity contribution in [2.24, 2.45) is 0 Å². The highest BCUT2D eigenvalue weighted by atomic mass is 16.2. The minimum atomic E-state index is -0.297. The van der Waals surface area contributed by atoms with Crippen molar-refractivity contribution in [2.75, 3.05) is 11.9 Å². The van der Waals surface area contributed by atoms with E-state index in [-0.39, 0.29) is 11.8 Å². The largest absolute Gasteiger partial charge is 0.352 e. The van der Waals surface area contributed by atoms with E-state index in [9.17, 15) is 9.59 Å². The number of nitrogens with one attached hydrogen (secondary N) is 2. The maximum Gasteiger partial charge on any atom is 0.257 e. The molecule has 0 aliphatic carbocycles. The number of hydrogen-bond donors (Lipinski definition) is 2. The zero-order chi connectivity index (χ0) is 20.6. The average molecular weight is 387 g/mol. The first-order valence-electron chi connectivity index (χ1n) is 9.71. The normalized spacial score (nSPS) is 10.6. The van der Waals surface area contributed by atoms with E-state index in [2.05, 4.69) is 29.5 Å². The number of carbonyl (C=O) groups excluding carboxylic acids is 2. The Morgan fingerprint density at radius 3 is 2.21 bits per heavy atom. The summed E-state index contributed by atoms with van der Waals surface area (Å²) in [5.74, 6) is -0.112. The van der Waals surface area contributed by atoms with Gasteiger partial charge in [-0.3, -0.25) is 14.6 Å². The minimum absolute atomic E-state index is 0.246.